The molecular formula is C23H24Br2N2O2. The highest BCUT2D eigenvalue weighted by molar-refractivity contribution is 9.11. The van der Waals surface area contributed by atoms with Gasteiger partial charge < -0.3 is 10.1 Å². The molecule has 0 radical (unpaired) electrons. The minimum Gasteiger partial charge on any atom is -0.493 e. The summed E-state index contributed by atoms with van der Waals surface area (Å²) in [4.78, 5) is 12.7. The van der Waals surface area contributed by atoms with E-state index in [2.05, 4.69) is 44.1 Å². The Kier molecular flexibility index (Phi) is 9.43. The number of carbonyl (C=O) groups excluding carboxylic acids is 1. The Morgan fingerprint density at radius 3 is 2.52 bits per heavy atom. The van der Waals surface area contributed by atoms with E-state index >= 15 is 0 Å². The van der Waals surface area contributed by atoms with Crippen molar-refractivity contribution < 1.29 is 9.53 Å². The van der Waals surface area contributed by atoms with Crippen LogP contribution in [-0.4, -0.2) is 12.5 Å². The Hall–Kier alpha value is -2.10. The highest BCUT2D eigenvalue weighted by Gasteiger charge is 2.15. The Balaban J connectivity index is 2.17. The fraction of sp³-hybridized carbons (Fsp3) is 0.304. The number of amides is 1. The van der Waals surface area contributed by atoms with Crippen LogP contribution in [0.5, 0.6) is 5.75 Å². The normalized spacial score (nSPS) is 11.1. The van der Waals surface area contributed by atoms with Crippen LogP contribution in [0.25, 0.3) is 6.08 Å². The van der Waals surface area contributed by atoms with Gasteiger partial charge in [-0.3, -0.25) is 4.79 Å². The molecule has 0 aliphatic rings. The first-order valence-electron chi connectivity index (χ1n) is 9.57. The minimum absolute atomic E-state index is 0.00593. The van der Waals surface area contributed by atoms with Crippen molar-refractivity contribution in [1.82, 2.24) is 0 Å². The second-order valence-electron chi connectivity index (χ2n) is 6.67. The lowest BCUT2D eigenvalue weighted by Crippen LogP contribution is -2.14. The summed E-state index contributed by atoms with van der Waals surface area (Å²) in [7, 11) is 0. The molecule has 0 unspecified atom stereocenters. The molecule has 152 valence electrons. The van der Waals surface area contributed by atoms with Gasteiger partial charge in [0.15, 0.2) is 0 Å². The first kappa shape index (κ1) is 23.2. The Morgan fingerprint density at radius 2 is 1.86 bits per heavy atom. The van der Waals surface area contributed by atoms with Crippen molar-refractivity contribution in [2.75, 3.05) is 11.9 Å². The molecule has 0 aliphatic carbocycles. The average molecular weight is 520 g/mol. The quantitative estimate of drug-likeness (QED) is 0.220. The maximum absolute atomic E-state index is 12.7. The molecule has 0 atom stereocenters. The number of nitrogens with one attached hydrogen (secondary N) is 1. The molecule has 0 fully saturated rings. The maximum Gasteiger partial charge on any atom is 0.266 e. The second kappa shape index (κ2) is 11.8. The molecule has 2 aromatic rings. The Bertz CT molecular complexity index is 910. The van der Waals surface area contributed by atoms with Gasteiger partial charge in [0.05, 0.1) is 12.3 Å². The van der Waals surface area contributed by atoms with E-state index in [-0.39, 0.29) is 5.57 Å². The zero-order chi connectivity index (χ0) is 21.2. The predicted molar refractivity (Wildman–Crippen MR) is 125 cm³/mol. The van der Waals surface area contributed by atoms with E-state index in [0.717, 1.165) is 27.4 Å². The van der Waals surface area contributed by atoms with Gasteiger partial charge in [0.2, 0.25) is 0 Å². The van der Waals surface area contributed by atoms with Crippen LogP contribution >= 0.6 is 31.9 Å². The average Bonchev–Trinajstić information content (AvgIpc) is 2.69. The SMILES string of the molecule is CCCCCCOc1ccccc1/C=C(\C#N)C(=O)Nc1c(Br)cc(C)cc1Br. The number of benzene rings is 2. The van der Waals surface area contributed by atoms with E-state index < -0.39 is 5.91 Å². The van der Waals surface area contributed by atoms with Crippen molar-refractivity contribution in [3.63, 3.8) is 0 Å². The van der Waals surface area contributed by atoms with Crippen LogP contribution in [0.15, 0.2) is 50.9 Å². The van der Waals surface area contributed by atoms with E-state index in [1.807, 2.05) is 49.4 Å². The summed E-state index contributed by atoms with van der Waals surface area (Å²) in [5.41, 5.74) is 2.34. The van der Waals surface area contributed by atoms with Gasteiger partial charge in [-0.1, -0.05) is 44.4 Å². The molecule has 0 aliphatic heterocycles. The maximum atomic E-state index is 12.7. The number of hydrogen-bond acceptors (Lipinski definition) is 3. The van der Waals surface area contributed by atoms with E-state index in [0.29, 0.717) is 23.6 Å². The summed E-state index contributed by atoms with van der Waals surface area (Å²) >= 11 is 6.91. The first-order chi connectivity index (χ1) is 14.0. The third kappa shape index (κ3) is 7.02. The number of nitriles is 1. The standard InChI is InChI=1S/C23H24Br2N2O2/c1-3-4-5-8-11-29-21-10-7-6-9-17(21)14-18(15-26)23(28)27-22-19(24)12-16(2)13-20(22)25/h6-7,9-10,12-14H,3-5,8,11H2,1-2H3,(H,27,28)/b18-14+. The summed E-state index contributed by atoms with van der Waals surface area (Å²) in [5, 5.41) is 12.3. The molecule has 2 rings (SSSR count). The summed E-state index contributed by atoms with van der Waals surface area (Å²) < 4.78 is 7.36. The number of ether oxygens (including phenoxy) is 1. The first-order valence-corrected chi connectivity index (χ1v) is 11.2. The fourth-order valence-corrected chi connectivity index (χ4v) is 4.36. The number of aryl methyl sites for hydroxylation is 1. The molecule has 1 N–H and O–H groups in total. The van der Waals surface area contributed by atoms with Crippen molar-refractivity contribution in [3.05, 3.63) is 62.0 Å². The van der Waals surface area contributed by atoms with Gasteiger partial charge >= 0.3 is 0 Å². The van der Waals surface area contributed by atoms with Gasteiger partial charge in [0, 0.05) is 14.5 Å². The largest absolute Gasteiger partial charge is 0.493 e. The molecule has 0 spiro atoms. The molecule has 6 heteroatoms. The summed E-state index contributed by atoms with van der Waals surface area (Å²) in [6.45, 7) is 4.74. The number of carbonyl (C=O) groups is 1. The Morgan fingerprint density at radius 1 is 1.17 bits per heavy atom. The van der Waals surface area contributed by atoms with Crippen LogP contribution < -0.4 is 10.1 Å². The lowest BCUT2D eigenvalue weighted by molar-refractivity contribution is -0.112. The molecule has 4 nitrogen and oxygen atoms in total. The van der Waals surface area contributed by atoms with Crippen molar-refractivity contribution in [3.8, 4) is 11.8 Å². The van der Waals surface area contributed by atoms with E-state index in [1.54, 1.807) is 6.08 Å². The smallest absolute Gasteiger partial charge is 0.266 e. The summed E-state index contributed by atoms with van der Waals surface area (Å²) in [6.07, 6.45) is 6.03. The van der Waals surface area contributed by atoms with Gasteiger partial charge in [0.25, 0.3) is 5.91 Å². The van der Waals surface area contributed by atoms with E-state index in [9.17, 15) is 10.1 Å². The van der Waals surface area contributed by atoms with Gasteiger partial charge in [-0.15, -0.1) is 0 Å². The van der Waals surface area contributed by atoms with Crippen LogP contribution in [0.3, 0.4) is 0 Å². The van der Waals surface area contributed by atoms with Crippen LogP contribution in [0.1, 0.15) is 43.7 Å². The molecule has 29 heavy (non-hydrogen) atoms. The Labute approximate surface area is 189 Å². The number of rotatable bonds is 9. The lowest BCUT2D eigenvalue weighted by Gasteiger charge is -2.11. The van der Waals surface area contributed by atoms with Crippen molar-refractivity contribution >= 4 is 49.5 Å². The van der Waals surface area contributed by atoms with Crippen molar-refractivity contribution in [1.29, 1.82) is 5.26 Å². The lowest BCUT2D eigenvalue weighted by atomic mass is 10.1. The molecular weight excluding hydrogens is 496 g/mol. The summed E-state index contributed by atoms with van der Waals surface area (Å²) in [5.74, 6) is 0.192. The minimum atomic E-state index is -0.476. The van der Waals surface area contributed by atoms with E-state index in [1.165, 1.54) is 12.8 Å². The van der Waals surface area contributed by atoms with Crippen molar-refractivity contribution in [2.45, 2.75) is 39.5 Å². The molecule has 1 amide bonds. The highest BCUT2D eigenvalue weighted by Crippen LogP contribution is 2.32. The zero-order valence-electron chi connectivity index (χ0n) is 16.6. The molecule has 0 saturated heterocycles. The second-order valence-corrected chi connectivity index (χ2v) is 8.38. The van der Waals surface area contributed by atoms with Crippen LogP contribution in [-0.2, 0) is 4.79 Å². The van der Waals surface area contributed by atoms with Gasteiger partial charge in [-0.05, 0) is 75.0 Å². The number of unbranched alkanes of at least 4 members (excludes halogenated alkanes) is 3. The monoisotopic (exact) mass is 518 g/mol. The van der Waals surface area contributed by atoms with Crippen LogP contribution in [0, 0.1) is 18.3 Å². The third-order valence-electron chi connectivity index (χ3n) is 4.26. The molecule has 0 aromatic heterocycles. The fourth-order valence-electron chi connectivity index (χ4n) is 2.75. The molecule has 2 aromatic carbocycles. The molecule has 0 bridgehead atoms. The van der Waals surface area contributed by atoms with Crippen LogP contribution in [0.4, 0.5) is 5.69 Å². The van der Waals surface area contributed by atoms with E-state index in [4.69, 9.17) is 4.74 Å². The van der Waals surface area contributed by atoms with Gasteiger partial charge in [-0.25, -0.2) is 0 Å². The van der Waals surface area contributed by atoms with Gasteiger partial charge in [0.1, 0.15) is 17.4 Å². The number of halogens is 2. The predicted octanol–water partition coefficient (Wildman–Crippen LogP) is 7.02. The van der Waals surface area contributed by atoms with Crippen LogP contribution in [0.2, 0.25) is 0 Å². The zero-order valence-corrected chi connectivity index (χ0v) is 19.8. The number of hydrogen-bond donors (Lipinski definition) is 1. The number of anilines is 1. The van der Waals surface area contributed by atoms with Crippen molar-refractivity contribution in [2.24, 2.45) is 0 Å². The number of para-hydroxylation sites is 1. The molecule has 0 heterocycles. The third-order valence-corrected chi connectivity index (χ3v) is 5.52. The number of nitrogens with zero attached hydrogens (tertiary/aromatic N) is 1. The highest BCUT2D eigenvalue weighted by atomic mass is 79.9. The topological polar surface area (TPSA) is 62.1 Å². The summed E-state index contributed by atoms with van der Waals surface area (Å²) in [6, 6.07) is 13.2. The molecule has 0 saturated carbocycles. The van der Waals surface area contributed by atoms with Gasteiger partial charge in [-0.2, -0.15) is 5.26 Å².